The number of guanidine groups is 1. The molecule has 0 radical (unpaired) electrons. The standard InChI is InChI=1S/C19H37N5O2/c1-4-20-19(22-15-13-18(26)24(5-2)6-3)21-14-12-17(25)23-16-10-8-7-9-11-16/h16H,4-15H2,1-3H3,(H,23,25)(H2,20,21,22). The highest BCUT2D eigenvalue weighted by Crippen LogP contribution is 2.17. The molecule has 0 aromatic rings. The Morgan fingerprint density at radius 1 is 1.00 bits per heavy atom. The lowest BCUT2D eigenvalue weighted by atomic mass is 9.95. The number of carbonyl (C=O) groups excluding carboxylic acids is 2. The third-order valence-corrected chi connectivity index (χ3v) is 4.67. The van der Waals surface area contributed by atoms with Gasteiger partial charge in [0.25, 0.3) is 0 Å². The molecule has 1 saturated carbocycles. The van der Waals surface area contributed by atoms with Crippen LogP contribution in [0.15, 0.2) is 4.99 Å². The number of amides is 2. The predicted molar refractivity (Wildman–Crippen MR) is 106 cm³/mol. The topological polar surface area (TPSA) is 85.8 Å². The summed E-state index contributed by atoms with van der Waals surface area (Å²) in [6.07, 6.45) is 6.75. The van der Waals surface area contributed by atoms with Crippen molar-refractivity contribution in [1.82, 2.24) is 20.9 Å². The Morgan fingerprint density at radius 2 is 1.69 bits per heavy atom. The van der Waals surface area contributed by atoms with Crippen molar-refractivity contribution in [2.24, 2.45) is 4.99 Å². The Hall–Kier alpha value is -1.79. The summed E-state index contributed by atoms with van der Waals surface area (Å²) in [5.41, 5.74) is 0. The van der Waals surface area contributed by atoms with Crippen molar-refractivity contribution in [2.75, 3.05) is 32.7 Å². The average Bonchev–Trinajstić information content (AvgIpc) is 2.63. The van der Waals surface area contributed by atoms with Crippen molar-refractivity contribution in [3.8, 4) is 0 Å². The van der Waals surface area contributed by atoms with E-state index in [4.69, 9.17) is 0 Å². The number of nitrogens with one attached hydrogen (secondary N) is 3. The van der Waals surface area contributed by atoms with E-state index in [2.05, 4.69) is 20.9 Å². The first-order valence-electron chi connectivity index (χ1n) is 10.2. The summed E-state index contributed by atoms with van der Waals surface area (Å²) in [4.78, 5) is 30.3. The lowest BCUT2D eigenvalue weighted by molar-refractivity contribution is -0.130. The number of aliphatic imine (C=N–C) groups is 1. The molecule has 1 rings (SSSR count). The molecule has 0 aromatic carbocycles. The molecule has 150 valence electrons. The van der Waals surface area contributed by atoms with Crippen LogP contribution >= 0.6 is 0 Å². The SMILES string of the molecule is CCNC(=NCCC(=O)N(CC)CC)NCCC(=O)NC1CCCCC1. The fourth-order valence-electron chi connectivity index (χ4n) is 3.18. The fourth-order valence-corrected chi connectivity index (χ4v) is 3.18. The molecular weight excluding hydrogens is 330 g/mol. The van der Waals surface area contributed by atoms with Crippen LogP contribution in [0.5, 0.6) is 0 Å². The first-order chi connectivity index (χ1) is 12.6. The van der Waals surface area contributed by atoms with E-state index in [0.29, 0.717) is 37.9 Å². The van der Waals surface area contributed by atoms with E-state index in [9.17, 15) is 9.59 Å². The van der Waals surface area contributed by atoms with Crippen molar-refractivity contribution in [1.29, 1.82) is 0 Å². The van der Waals surface area contributed by atoms with Crippen molar-refractivity contribution in [2.45, 2.75) is 71.8 Å². The molecule has 0 aliphatic heterocycles. The quantitative estimate of drug-likeness (QED) is 0.405. The second kappa shape index (κ2) is 13.4. The highest BCUT2D eigenvalue weighted by atomic mass is 16.2. The van der Waals surface area contributed by atoms with Gasteiger partial charge in [-0.1, -0.05) is 19.3 Å². The second-order valence-electron chi connectivity index (χ2n) is 6.66. The Bertz CT molecular complexity index is 443. The Kier molecular flexibility index (Phi) is 11.5. The van der Waals surface area contributed by atoms with Gasteiger partial charge in [0, 0.05) is 45.1 Å². The largest absolute Gasteiger partial charge is 0.357 e. The van der Waals surface area contributed by atoms with Gasteiger partial charge >= 0.3 is 0 Å². The first-order valence-corrected chi connectivity index (χ1v) is 10.2. The number of rotatable bonds is 10. The summed E-state index contributed by atoms with van der Waals surface area (Å²) in [5, 5.41) is 9.44. The normalized spacial score (nSPS) is 15.4. The van der Waals surface area contributed by atoms with Gasteiger partial charge in [-0.15, -0.1) is 0 Å². The summed E-state index contributed by atoms with van der Waals surface area (Å²) < 4.78 is 0. The van der Waals surface area contributed by atoms with Crippen molar-refractivity contribution < 1.29 is 9.59 Å². The smallest absolute Gasteiger partial charge is 0.224 e. The zero-order valence-corrected chi connectivity index (χ0v) is 16.8. The Morgan fingerprint density at radius 3 is 2.31 bits per heavy atom. The summed E-state index contributed by atoms with van der Waals surface area (Å²) >= 11 is 0. The van der Waals surface area contributed by atoms with Crippen molar-refractivity contribution >= 4 is 17.8 Å². The van der Waals surface area contributed by atoms with Crippen LogP contribution in [0.25, 0.3) is 0 Å². The maximum atomic E-state index is 12.0. The average molecular weight is 368 g/mol. The molecule has 7 heteroatoms. The molecule has 0 saturated heterocycles. The lowest BCUT2D eigenvalue weighted by Gasteiger charge is -2.22. The van der Waals surface area contributed by atoms with Gasteiger partial charge in [-0.05, 0) is 33.6 Å². The zero-order valence-electron chi connectivity index (χ0n) is 16.8. The zero-order chi connectivity index (χ0) is 19.2. The molecule has 1 aliphatic rings. The molecule has 3 N–H and O–H groups in total. The van der Waals surface area contributed by atoms with Gasteiger partial charge in [0.15, 0.2) is 5.96 Å². The van der Waals surface area contributed by atoms with Crippen molar-refractivity contribution in [3.63, 3.8) is 0 Å². The van der Waals surface area contributed by atoms with E-state index >= 15 is 0 Å². The molecule has 1 fully saturated rings. The van der Waals surface area contributed by atoms with E-state index in [-0.39, 0.29) is 11.8 Å². The summed E-state index contributed by atoms with van der Waals surface area (Å²) in [7, 11) is 0. The molecule has 2 amide bonds. The van der Waals surface area contributed by atoms with Crippen LogP contribution < -0.4 is 16.0 Å². The molecule has 0 heterocycles. The van der Waals surface area contributed by atoms with E-state index in [1.807, 2.05) is 25.7 Å². The van der Waals surface area contributed by atoms with Gasteiger partial charge in [0.1, 0.15) is 0 Å². The number of hydrogen-bond acceptors (Lipinski definition) is 3. The minimum atomic E-state index is 0.0944. The van der Waals surface area contributed by atoms with Gasteiger partial charge in [-0.3, -0.25) is 14.6 Å². The molecule has 0 unspecified atom stereocenters. The third kappa shape index (κ3) is 9.06. The first kappa shape index (κ1) is 22.3. The Labute approximate surface area is 158 Å². The summed E-state index contributed by atoms with van der Waals surface area (Å²) in [6, 6.07) is 0.351. The predicted octanol–water partition coefficient (Wildman–Crippen LogP) is 1.64. The van der Waals surface area contributed by atoms with Crippen LogP contribution in [0.3, 0.4) is 0 Å². The van der Waals surface area contributed by atoms with Crippen LogP contribution in [-0.4, -0.2) is 61.4 Å². The molecule has 26 heavy (non-hydrogen) atoms. The van der Waals surface area contributed by atoms with Crippen LogP contribution in [0.4, 0.5) is 0 Å². The fraction of sp³-hybridized carbons (Fsp3) is 0.842. The van der Waals surface area contributed by atoms with E-state index < -0.39 is 0 Å². The summed E-state index contributed by atoms with van der Waals surface area (Å²) in [5.74, 6) is 0.878. The molecular formula is C19H37N5O2. The van der Waals surface area contributed by atoms with E-state index in [0.717, 1.165) is 32.5 Å². The minimum absolute atomic E-state index is 0.0944. The highest BCUT2D eigenvalue weighted by molar-refractivity contribution is 5.82. The monoisotopic (exact) mass is 367 g/mol. The van der Waals surface area contributed by atoms with Gasteiger partial charge in [-0.25, -0.2) is 0 Å². The maximum Gasteiger partial charge on any atom is 0.224 e. The van der Waals surface area contributed by atoms with E-state index in [1.165, 1.54) is 19.3 Å². The van der Waals surface area contributed by atoms with E-state index in [1.54, 1.807) is 0 Å². The summed E-state index contributed by atoms with van der Waals surface area (Å²) in [6.45, 7) is 9.13. The van der Waals surface area contributed by atoms with Crippen LogP contribution in [-0.2, 0) is 9.59 Å². The molecule has 7 nitrogen and oxygen atoms in total. The van der Waals surface area contributed by atoms with Gasteiger partial charge in [0.05, 0.1) is 6.54 Å². The second-order valence-corrected chi connectivity index (χ2v) is 6.66. The highest BCUT2D eigenvalue weighted by Gasteiger charge is 2.15. The van der Waals surface area contributed by atoms with Crippen LogP contribution in [0.1, 0.15) is 65.7 Å². The molecule has 0 aromatic heterocycles. The molecule has 0 atom stereocenters. The van der Waals surface area contributed by atoms with Crippen LogP contribution in [0.2, 0.25) is 0 Å². The number of nitrogens with zero attached hydrogens (tertiary/aromatic N) is 2. The lowest BCUT2D eigenvalue weighted by Crippen LogP contribution is -2.41. The van der Waals surface area contributed by atoms with Crippen molar-refractivity contribution in [3.05, 3.63) is 0 Å². The molecule has 0 bridgehead atoms. The molecule has 1 aliphatic carbocycles. The van der Waals surface area contributed by atoms with Gasteiger partial charge < -0.3 is 20.9 Å². The minimum Gasteiger partial charge on any atom is -0.357 e. The van der Waals surface area contributed by atoms with Crippen LogP contribution in [0, 0.1) is 0 Å². The number of carbonyl (C=O) groups is 2. The number of hydrogen-bond donors (Lipinski definition) is 3. The van der Waals surface area contributed by atoms with Gasteiger partial charge in [-0.2, -0.15) is 0 Å². The Balaban J connectivity index is 2.30. The maximum absolute atomic E-state index is 12.0. The third-order valence-electron chi connectivity index (χ3n) is 4.67. The van der Waals surface area contributed by atoms with Gasteiger partial charge in [0.2, 0.25) is 11.8 Å². The molecule has 0 spiro atoms.